The molecule has 2 aromatic rings. The van der Waals surface area contributed by atoms with Crippen LogP contribution in [0.5, 0.6) is 0 Å². The molecular formula is C15H9NO4. The van der Waals surface area contributed by atoms with Crippen molar-refractivity contribution in [3.63, 3.8) is 0 Å². The lowest BCUT2D eigenvalue weighted by molar-refractivity contribution is 0.0696. The SMILES string of the molecule is O=C(O)c1ccccc1C1=C(O)c2cccnc2C1=O. The van der Waals surface area contributed by atoms with Crippen LogP contribution in [0.4, 0.5) is 0 Å². The van der Waals surface area contributed by atoms with E-state index in [9.17, 15) is 19.8 Å². The number of rotatable bonds is 2. The molecular weight excluding hydrogens is 258 g/mol. The monoisotopic (exact) mass is 267 g/mol. The molecule has 2 N–H and O–H groups in total. The Morgan fingerprint density at radius 3 is 2.45 bits per heavy atom. The van der Waals surface area contributed by atoms with Gasteiger partial charge in [-0.25, -0.2) is 4.79 Å². The van der Waals surface area contributed by atoms with Crippen molar-refractivity contribution in [2.45, 2.75) is 0 Å². The fourth-order valence-electron chi connectivity index (χ4n) is 2.28. The van der Waals surface area contributed by atoms with Crippen molar-refractivity contribution in [2.75, 3.05) is 0 Å². The number of aliphatic hydroxyl groups is 1. The Morgan fingerprint density at radius 1 is 1.05 bits per heavy atom. The van der Waals surface area contributed by atoms with Gasteiger partial charge in [0, 0.05) is 17.3 Å². The Labute approximate surface area is 113 Å². The van der Waals surface area contributed by atoms with Crippen molar-refractivity contribution >= 4 is 23.1 Å². The van der Waals surface area contributed by atoms with Crippen LogP contribution in [0.2, 0.25) is 0 Å². The van der Waals surface area contributed by atoms with Crippen molar-refractivity contribution in [1.82, 2.24) is 4.98 Å². The number of hydrogen-bond donors (Lipinski definition) is 2. The first-order valence-corrected chi connectivity index (χ1v) is 5.87. The van der Waals surface area contributed by atoms with Gasteiger partial charge in [0.1, 0.15) is 11.5 Å². The van der Waals surface area contributed by atoms with Gasteiger partial charge >= 0.3 is 5.97 Å². The van der Waals surface area contributed by atoms with Gasteiger partial charge in [0.05, 0.1) is 11.1 Å². The third kappa shape index (κ3) is 1.60. The molecule has 1 aliphatic rings. The van der Waals surface area contributed by atoms with Crippen LogP contribution in [0, 0.1) is 0 Å². The number of nitrogens with zero attached hydrogens (tertiary/aromatic N) is 1. The minimum absolute atomic E-state index is 0.0169. The largest absolute Gasteiger partial charge is 0.506 e. The fourth-order valence-corrected chi connectivity index (χ4v) is 2.28. The van der Waals surface area contributed by atoms with Gasteiger partial charge in [0.15, 0.2) is 0 Å². The normalized spacial score (nSPS) is 13.5. The van der Waals surface area contributed by atoms with Crippen LogP contribution in [0.25, 0.3) is 11.3 Å². The Bertz CT molecular complexity index is 777. The molecule has 0 saturated carbocycles. The zero-order chi connectivity index (χ0) is 14.3. The first-order chi connectivity index (χ1) is 9.61. The van der Waals surface area contributed by atoms with Crippen molar-refractivity contribution in [3.05, 3.63) is 65.0 Å². The van der Waals surface area contributed by atoms with E-state index in [0.717, 1.165) is 0 Å². The maximum Gasteiger partial charge on any atom is 0.336 e. The maximum absolute atomic E-state index is 12.3. The van der Waals surface area contributed by atoms with Crippen LogP contribution in [-0.4, -0.2) is 26.9 Å². The molecule has 0 bridgehead atoms. The van der Waals surface area contributed by atoms with Crippen LogP contribution in [0.15, 0.2) is 42.6 Å². The van der Waals surface area contributed by atoms with E-state index in [-0.39, 0.29) is 28.2 Å². The molecule has 5 nitrogen and oxygen atoms in total. The number of carbonyl (C=O) groups is 2. The number of aliphatic hydroxyl groups excluding tert-OH is 1. The molecule has 0 fully saturated rings. The number of aromatic nitrogens is 1. The number of carboxylic acid groups (broad SMARTS) is 1. The summed E-state index contributed by atoms with van der Waals surface area (Å²) in [5, 5.41) is 19.4. The summed E-state index contributed by atoms with van der Waals surface area (Å²) in [4.78, 5) is 27.5. The second kappa shape index (κ2) is 4.31. The molecule has 0 radical (unpaired) electrons. The average molecular weight is 267 g/mol. The summed E-state index contributed by atoms with van der Waals surface area (Å²) >= 11 is 0. The number of hydrogen-bond acceptors (Lipinski definition) is 4. The number of ketones is 1. The van der Waals surface area contributed by atoms with Gasteiger partial charge in [-0.1, -0.05) is 18.2 Å². The number of allylic oxidation sites excluding steroid dienone is 1. The molecule has 0 unspecified atom stereocenters. The molecule has 1 aromatic heterocycles. The summed E-state index contributed by atoms with van der Waals surface area (Å²) in [7, 11) is 0. The fraction of sp³-hybridized carbons (Fsp3) is 0. The molecule has 3 rings (SSSR count). The highest BCUT2D eigenvalue weighted by molar-refractivity contribution is 6.39. The number of Topliss-reactive ketones (excluding diaryl/α,β-unsaturated/α-hetero) is 1. The molecule has 5 heteroatoms. The third-order valence-corrected chi connectivity index (χ3v) is 3.17. The van der Waals surface area contributed by atoms with Crippen LogP contribution in [0.1, 0.15) is 32.0 Å². The zero-order valence-electron chi connectivity index (χ0n) is 10.2. The Balaban J connectivity index is 2.26. The van der Waals surface area contributed by atoms with Gasteiger partial charge in [-0.2, -0.15) is 0 Å². The molecule has 20 heavy (non-hydrogen) atoms. The lowest BCUT2D eigenvalue weighted by Gasteiger charge is -2.06. The topological polar surface area (TPSA) is 87.5 Å². The minimum atomic E-state index is -1.15. The molecule has 0 atom stereocenters. The lowest BCUT2D eigenvalue weighted by atomic mass is 9.97. The van der Waals surface area contributed by atoms with E-state index in [1.165, 1.54) is 18.3 Å². The van der Waals surface area contributed by atoms with Gasteiger partial charge in [0.2, 0.25) is 5.78 Å². The quantitative estimate of drug-likeness (QED) is 0.872. The first-order valence-electron chi connectivity index (χ1n) is 5.87. The van der Waals surface area contributed by atoms with E-state index in [2.05, 4.69) is 4.98 Å². The molecule has 0 amide bonds. The molecule has 0 aliphatic heterocycles. The number of carboxylic acids is 1. The summed E-state index contributed by atoms with van der Waals surface area (Å²) in [6, 6.07) is 9.25. The van der Waals surface area contributed by atoms with E-state index >= 15 is 0 Å². The minimum Gasteiger partial charge on any atom is -0.506 e. The third-order valence-electron chi connectivity index (χ3n) is 3.17. The molecule has 98 valence electrons. The summed E-state index contributed by atoms with van der Waals surface area (Å²) in [6.07, 6.45) is 1.45. The number of pyridine rings is 1. The zero-order valence-corrected chi connectivity index (χ0v) is 10.2. The van der Waals surface area contributed by atoms with Crippen LogP contribution >= 0.6 is 0 Å². The predicted octanol–water partition coefficient (Wildman–Crippen LogP) is 2.40. The van der Waals surface area contributed by atoms with Crippen molar-refractivity contribution in [2.24, 2.45) is 0 Å². The highest BCUT2D eigenvalue weighted by Crippen LogP contribution is 2.36. The lowest BCUT2D eigenvalue weighted by Crippen LogP contribution is -2.06. The van der Waals surface area contributed by atoms with Crippen LogP contribution in [-0.2, 0) is 0 Å². The Kier molecular flexibility index (Phi) is 2.61. The standard InChI is InChI=1S/C15H9NO4/c17-13-10-6-3-7-16-12(10)14(18)11(13)8-4-1-2-5-9(8)15(19)20/h1-7,17H,(H,19,20). The number of benzene rings is 1. The van der Waals surface area contributed by atoms with Gasteiger partial charge < -0.3 is 10.2 Å². The molecule has 0 saturated heterocycles. The van der Waals surface area contributed by atoms with E-state index in [0.29, 0.717) is 5.56 Å². The molecule has 0 spiro atoms. The van der Waals surface area contributed by atoms with E-state index in [4.69, 9.17) is 0 Å². The number of carbonyl (C=O) groups excluding carboxylic acids is 1. The van der Waals surface area contributed by atoms with Crippen LogP contribution < -0.4 is 0 Å². The smallest absolute Gasteiger partial charge is 0.336 e. The average Bonchev–Trinajstić information content (AvgIpc) is 2.71. The number of aromatic carboxylic acids is 1. The summed E-state index contributed by atoms with van der Waals surface area (Å²) in [5.41, 5.74) is 0.611. The highest BCUT2D eigenvalue weighted by atomic mass is 16.4. The second-order valence-corrected chi connectivity index (χ2v) is 4.30. The molecule has 1 aliphatic carbocycles. The van der Waals surface area contributed by atoms with Crippen LogP contribution in [0.3, 0.4) is 0 Å². The molecule has 1 heterocycles. The second-order valence-electron chi connectivity index (χ2n) is 4.30. The van der Waals surface area contributed by atoms with Gasteiger partial charge in [-0.15, -0.1) is 0 Å². The Hall–Kier alpha value is -2.95. The van der Waals surface area contributed by atoms with E-state index in [1.54, 1.807) is 24.3 Å². The maximum atomic E-state index is 12.3. The summed E-state index contributed by atoms with van der Waals surface area (Å²) in [6.45, 7) is 0. The summed E-state index contributed by atoms with van der Waals surface area (Å²) < 4.78 is 0. The van der Waals surface area contributed by atoms with Crippen molar-refractivity contribution < 1.29 is 19.8 Å². The summed E-state index contributed by atoms with van der Waals surface area (Å²) in [5.74, 6) is -1.85. The van der Waals surface area contributed by atoms with Gasteiger partial charge in [-0.3, -0.25) is 9.78 Å². The first kappa shape index (κ1) is 12.1. The van der Waals surface area contributed by atoms with Crippen molar-refractivity contribution in [1.29, 1.82) is 0 Å². The van der Waals surface area contributed by atoms with E-state index in [1.807, 2.05) is 0 Å². The van der Waals surface area contributed by atoms with E-state index < -0.39 is 11.8 Å². The number of fused-ring (bicyclic) bond motifs is 1. The molecule has 1 aromatic carbocycles. The highest BCUT2D eigenvalue weighted by Gasteiger charge is 2.33. The van der Waals surface area contributed by atoms with Gasteiger partial charge in [-0.05, 0) is 18.2 Å². The predicted molar refractivity (Wildman–Crippen MR) is 71.4 cm³/mol. The van der Waals surface area contributed by atoms with Gasteiger partial charge in [0.25, 0.3) is 0 Å². The Morgan fingerprint density at radius 2 is 1.75 bits per heavy atom. The van der Waals surface area contributed by atoms with Crippen molar-refractivity contribution in [3.8, 4) is 0 Å².